The van der Waals surface area contributed by atoms with Crippen LogP contribution in [0.2, 0.25) is 0 Å². The van der Waals surface area contributed by atoms with E-state index in [-0.39, 0.29) is 6.61 Å². The molecule has 2 heterocycles. The normalized spacial score (nSPS) is 22.2. The van der Waals surface area contributed by atoms with Gasteiger partial charge in [-0.05, 0) is 25.0 Å². The lowest BCUT2D eigenvalue weighted by Gasteiger charge is -2.24. The summed E-state index contributed by atoms with van der Waals surface area (Å²) >= 11 is 0. The van der Waals surface area contributed by atoms with Gasteiger partial charge < -0.3 is 10.0 Å². The van der Waals surface area contributed by atoms with Gasteiger partial charge >= 0.3 is 0 Å². The predicted octanol–water partition coefficient (Wildman–Crippen LogP) is 1.04. The summed E-state index contributed by atoms with van der Waals surface area (Å²) in [5.41, 5.74) is 1.17. The molecule has 0 amide bonds. The average Bonchev–Trinajstić information content (AvgIpc) is 2.67. The van der Waals surface area contributed by atoms with Crippen LogP contribution in [-0.2, 0) is 0 Å². The van der Waals surface area contributed by atoms with Gasteiger partial charge in [0.1, 0.15) is 0 Å². The number of hydrogen-bond acceptors (Lipinski definition) is 3. The highest BCUT2D eigenvalue weighted by Gasteiger charge is 2.23. The van der Waals surface area contributed by atoms with Crippen molar-refractivity contribution in [2.45, 2.75) is 18.9 Å². The largest absolute Gasteiger partial charge is 0.394 e. The highest BCUT2D eigenvalue weighted by Crippen LogP contribution is 2.24. The van der Waals surface area contributed by atoms with E-state index in [4.69, 9.17) is 5.11 Å². The van der Waals surface area contributed by atoms with Gasteiger partial charge in [-0.25, -0.2) is 0 Å². The summed E-state index contributed by atoms with van der Waals surface area (Å²) in [6, 6.07) is 4.30. The summed E-state index contributed by atoms with van der Waals surface area (Å²) in [4.78, 5) is 6.23. The van der Waals surface area contributed by atoms with Crippen molar-refractivity contribution in [1.29, 1.82) is 0 Å². The number of nitrogens with zero attached hydrogens (tertiary/aromatic N) is 2. The number of aliphatic hydroxyl groups excluding tert-OH is 1. The molecule has 0 radical (unpaired) electrons. The Morgan fingerprint density at radius 1 is 1.46 bits per heavy atom. The third kappa shape index (κ3) is 1.65. The molecule has 1 aliphatic heterocycles. The molecule has 13 heavy (non-hydrogen) atoms. The van der Waals surface area contributed by atoms with Crippen LogP contribution < -0.4 is 4.90 Å². The van der Waals surface area contributed by atoms with E-state index in [1.165, 1.54) is 12.1 Å². The Bertz CT molecular complexity index is 263. The zero-order chi connectivity index (χ0) is 9.10. The predicted molar refractivity (Wildman–Crippen MR) is 51.7 cm³/mol. The maximum absolute atomic E-state index is 9.14. The Morgan fingerprint density at radius 3 is 2.92 bits per heavy atom. The fraction of sp³-hybridized carbons (Fsp3) is 0.500. The van der Waals surface area contributed by atoms with Crippen LogP contribution in [0.15, 0.2) is 24.5 Å². The fourth-order valence-corrected chi connectivity index (χ4v) is 1.90. The number of aliphatic hydroxyl groups is 1. The van der Waals surface area contributed by atoms with Crippen LogP contribution in [0.3, 0.4) is 0 Å². The van der Waals surface area contributed by atoms with Gasteiger partial charge in [-0.2, -0.15) is 0 Å². The number of hydrogen-bond donors (Lipinski definition) is 1. The Hall–Kier alpha value is -1.09. The molecule has 0 bridgehead atoms. The minimum atomic E-state index is 0.252. The molecule has 0 aromatic carbocycles. The van der Waals surface area contributed by atoms with Gasteiger partial charge in [0.25, 0.3) is 0 Å². The second-order valence-electron chi connectivity index (χ2n) is 3.38. The molecule has 70 valence electrons. The monoisotopic (exact) mass is 178 g/mol. The van der Waals surface area contributed by atoms with E-state index in [1.807, 2.05) is 12.1 Å². The fourth-order valence-electron chi connectivity index (χ4n) is 1.90. The van der Waals surface area contributed by atoms with Gasteiger partial charge in [0, 0.05) is 24.6 Å². The van der Waals surface area contributed by atoms with Gasteiger partial charge in [0.15, 0.2) is 0 Å². The summed E-state index contributed by atoms with van der Waals surface area (Å²) in [6.07, 6.45) is 5.86. The van der Waals surface area contributed by atoms with E-state index in [1.54, 1.807) is 12.4 Å². The van der Waals surface area contributed by atoms with Crippen molar-refractivity contribution in [3.8, 4) is 0 Å². The molecule has 0 spiro atoms. The van der Waals surface area contributed by atoms with Gasteiger partial charge in [-0.1, -0.05) is 0 Å². The summed E-state index contributed by atoms with van der Waals surface area (Å²) in [5, 5.41) is 9.14. The first-order valence-electron chi connectivity index (χ1n) is 4.69. The summed E-state index contributed by atoms with van der Waals surface area (Å²) < 4.78 is 0. The van der Waals surface area contributed by atoms with Crippen LogP contribution in [0.4, 0.5) is 5.69 Å². The van der Waals surface area contributed by atoms with Crippen LogP contribution in [0.1, 0.15) is 12.8 Å². The lowest BCUT2D eigenvalue weighted by molar-refractivity contribution is 0.266. The first-order chi connectivity index (χ1) is 6.42. The van der Waals surface area contributed by atoms with Crippen molar-refractivity contribution < 1.29 is 5.11 Å². The van der Waals surface area contributed by atoms with Crippen molar-refractivity contribution in [3.05, 3.63) is 24.5 Å². The number of aromatic nitrogens is 1. The Morgan fingerprint density at radius 2 is 2.23 bits per heavy atom. The van der Waals surface area contributed by atoms with E-state index in [9.17, 15) is 0 Å². The Labute approximate surface area is 78.0 Å². The zero-order valence-electron chi connectivity index (χ0n) is 7.56. The minimum Gasteiger partial charge on any atom is -0.394 e. The third-order valence-electron chi connectivity index (χ3n) is 2.58. The van der Waals surface area contributed by atoms with Crippen LogP contribution in [-0.4, -0.2) is 29.3 Å². The van der Waals surface area contributed by atoms with Gasteiger partial charge in [0.05, 0.1) is 12.6 Å². The van der Waals surface area contributed by atoms with E-state index in [0.29, 0.717) is 6.04 Å². The van der Waals surface area contributed by atoms with Crippen LogP contribution in [0.25, 0.3) is 0 Å². The molecule has 0 unspecified atom stereocenters. The summed E-state index contributed by atoms with van der Waals surface area (Å²) in [7, 11) is 0. The van der Waals surface area contributed by atoms with Crippen molar-refractivity contribution in [2.24, 2.45) is 0 Å². The molecular formula is C10H14N2O. The van der Waals surface area contributed by atoms with Crippen LogP contribution in [0.5, 0.6) is 0 Å². The van der Waals surface area contributed by atoms with Crippen molar-refractivity contribution >= 4 is 5.69 Å². The average molecular weight is 178 g/mol. The van der Waals surface area contributed by atoms with E-state index in [2.05, 4.69) is 9.88 Å². The maximum Gasteiger partial charge on any atom is 0.0635 e. The molecule has 2 rings (SSSR count). The van der Waals surface area contributed by atoms with E-state index >= 15 is 0 Å². The molecular weight excluding hydrogens is 164 g/mol. The number of rotatable bonds is 2. The molecule has 1 aliphatic rings. The Balaban J connectivity index is 2.16. The van der Waals surface area contributed by atoms with Gasteiger partial charge in [-0.3, -0.25) is 4.98 Å². The molecule has 1 saturated heterocycles. The molecule has 0 saturated carbocycles. The van der Waals surface area contributed by atoms with Crippen LogP contribution in [0, 0.1) is 0 Å². The molecule has 1 fully saturated rings. The van der Waals surface area contributed by atoms with Gasteiger partial charge in [-0.15, -0.1) is 0 Å². The topological polar surface area (TPSA) is 36.4 Å². The molecule has 3 nitrogen and oxygen atoms in total. The molecule has 1 N–H and O–H groups in total. The first-order valence-corrected chi connectivity index (χ1v) is 4.69. The SMILES string of the molecule is OC[C@H]1CCCN1c1ccncc1. The second kappa shape index (κ2) is 3.75. The highest BCUT2D eigenvalue weighted by molar-refractivity contribution is 5.46. The van der Waals surface area contributed by atoms with E-state index < -0.39 is 0 Å². The van der Waals surface area contributed by atoms with Crippen LogP contribution >= 0.6 is 0 Å². The van der Waals surface area contributed by atoms with Crippen molar-refractivity contribution in [1.82, 2.24) is 4.98 Å². The van der Waals surface area contributed by atoms with E-state index in [0.717, 1.165) is 13.0 Å². The number of anilines is 1. The quantitative estimate of drug-likeness (QED) is 0.735. The number of pyridine rings is 1. The smallest absolute Gasteiger partial charge is 0.0635 e. The standard InChI is InChI=1S/C10H14N2O/c13-8-10-2-1-7-12(10)9-3-5-11-6-4-9/h3-6,10,13H,1-2,7-8H2/t10-/m1/s1. The summed E-state index contributed by atoms with van der Waals surface area (Å²) in [5.74, 6) is 0. The molecule has 1 aromatic heterocycles. The molecule has 1 atom stereocenters. The lowest BCUT2D eigenvalue weighted by Crippen LogP contribution is -2.31. The minimum absolute atomic E-state index is 0.252. The van der Waals surface area contributed by atoms with Crippen molar-refractivity contribution in [2.75, 3.05) is 18.1 Å². The first kappa shape index (κ1) is 8.51. The van der Waals surface area contributed by atoms with Gasteiger partial charge in [0.2, 0.25) is 0 Å². The molecule has 3 heteroatoms. The molecule has 1 aromatic rings. The lowest BCUT2D eigenvalue weighted by atomic mass is 10.2. The molecule has 0 aliphatic carbocycles. The maximum atomic E-state index is 9.14. The second-order valence-corrected chi connectivity index (χ2v) is 3.38. The summed E-state index contributed by atoms with van der Waals surface area (Å²) in [6.45, 7) is 1.30. The van der Waals surface area contributed by atoms with Crippen molar-refractivity contribution in [3.63, 3.8) is 0 Å². The Kier molecular flexibility index (Phi) is 2.45. The third-order valence-corrected chi connectivity index (χ3v) is 2.58. The highest BCUT2D eigenvalue weighted by atomic mass is 16.3. The zero-order valence-corrected chi connectivity index (χ0v) is 7.56.